The van der Waals surface area contributed by atoms with Crippen molar-refractivity contribution in [2.24, 2.45) is 10.9 Å². The van der Waals surface area contributed by atoms with E-state index in [0.717, 1.165) is 43.0 Å². The molecule has 1 aromatic carbocycles. The third-order valence-electron chi connectivity index (χ3n) is 5.61. The summed E-state index contributed by atoms with van der Waals surface area (Å²) in [5.74, 6) is 3.13. The van der Waals surface area contributed by atoms with Gasteiger partial charge in [0.05, 0.1) is 18.3 Å². The van der Waals surface area contributed by atoms with Gasteiger partial charge in [-0.05, 0) is 51.3 Å². The SMILES string of the molecule is CN=C(NCc1nc(C)c(C)o1)NCC(c1ccccc1)N1CCC(C)CC1.I. The van der Waals surface area contributed by atoms with Gasteiger partial charge in [0.2, 0.25) is 5.89 Å². The molecule has 7 heteroatoms. The Kier molecular flexibility index (Phi) is 9.42. The second kappa shape index (κ2) is 11.5. The molecule has 0 spiro atoms. The van der Waals surface area contributed by atoms with Crippen LogP contribution in [0, 0.1) is 19.8 Å². The molecule has 0 amide bonds. The van der Waals surface area contributed by atoms with Crippen molar-refractivity contribution in [2.75, 3.05) is 26.7 Å². The van der Waals surface area contributed by atoms with Crippen molar-refractivity contribution in [3.05, 3.63) is 53.2 Å². The van der Waals surface area contributed by atoms with E-state index < -0.39 is 0 Å². The highest BCUT2D eigenvalue weighted by Crippen LogP contribution is 2.26. The first-order valence-electron chi connectivity index (χ1n) is 10.2. The van der Waals surface area contributed by atoms with Crippen molar-refractivity contribution in [3.63, 3.8) is 0 Å². The number of aliphatic imine (C=N–C) groups is 1. The van der Waals surface area contributed by atoms with Crippen LogP contribution < -0.4 is 10.6 Å². The molecule has 1 aliphatic rings. The Morgan fingerprint density at radius 1 is 1.21 bits per heavy atom. The van der Waals surface area contributed by atoms with Crippen molar-refractivity contribution in [2.45, 2.75) is 46.2 Å². The summed E-state index contributed by atoms with van der Waals surface area (Å²) in [6.45, 7) is 9.85. The van der Waals surface area contributed by atoms with Gasteiger partial charge in [0, 0.05) is 13.6 Å². The highest BCUT2D eigenvalue weighted by molar-refractivity contribution is 14.0. The highest BCUT2D eigenvalue weighted by Gasteiger charge is 2.24. The molecular formula is C22H34IN5O. The number of nitrogens with zero attached hydrogens (tertiary/aromatic N) is 3. The molecule has 1 fully saturated rings. The number of aromatic nitrogens is 1. The Balaban J connectivity index is 0.00000300. The van der Waals surface area contributed by atoms with Crippen molar-refractivity contribution in [3.8, 4) is 0 Å². The van der Waals surface area contributed by atoms with Crippen LogP contribution in [0.5, 0.6) is 0 Å². The molecule has 6 nitrogen and oxygen atoms in total. The van der Waals surface area contributed by atoms with Gasteiger partial charge >= 0.3 is 0 Å². The second-order valence-electron chi connectivity index (χ2n) is 7.70. The van der Waals surface area contributed by atoms with E-state index in [1.807, 2.05) is 13.8 Å². The van der Waals surface area contributed by atoms with Gasteiger partial charge in [-0.2, -0.15) is 0 Å². The number of oxazole rings is 1. The number of hydrogen-bond acceptors (Lipinski definition) is 4. The minimum atomic E-state index is 0. The predicted molar refractivity (Wildman–Crippen MR) is 129 cm³/mol. The molecule has 2 N–H and O–H groups in total. The van der Waals surface area contributed by atoms with Crippen LogP contribution in [0.2, 0.25) is 0 Å². The van der Waals surface area contributed by atoms with Crippen LogP contribution in [-0.2, 0) is 6.54 Å². The molecule has 160 valence electrons. The fraction of sp³-hybridized carbons (Fsp3) is 0.545. The molecule has 2 aromatic rings. The first-order valence-corrected chi connectivity index (χ1v) is 10.2. The molecule has 0 saturated carbocycles. The number of rotatable bonds is 6. The summed E-state index contributed by atoms with van der Waals surface area (Å²) in [6.07, 6.45) is 2.53. The first-order chi connectivity index (χ1) is 13.6. The zero-order chi connectivity index (χ0) is 19.9. The molecule has 2 heterocycles. The average Bonchev–Trinajstić information content (AvgIpc) is 3.04. The van der Waals surface area contributed by atoms with E-state index in [2.05, 4.69) is 62.8 Å². The Morgan fingerprint density at radius 3 is 2.48 bits per heavy atom. The maximum atomic E-state index is 5.64. The molecule has 1 aromatic heterocycles. The quantitative estimate of drug-likeness (QED) is 0.348. The second-order valence-corrected chi connectivity index (χ2v) is 7.70. The van der Waals surface area contributed by atoms with Crippen molar-refractivity contribution in [1.29, 1.82) is 0 Å². The largest absolute Gasteiger partial charge is 0.444 e. The molecular weight excluding hydrogens is 477 g/mol. The lowest BCUT2D eigenvalue weighted by molar-refractivity contribution is 0.138. The van der Waals surface area contributed by atoms with Gasteiger partial charge in [-0.15, -0.1) is 24.0 Å². The van der Waals surface area contributed by atoms with Crippen molar-refractivity contribution >= 4 is 29.9 Å². The average molecular weight is 511 g/mol. The van der Waals surface area contributed by atoms with E-state index in [9.17, 15) is 0 Å². The Bertz CT molecular complexity index is 749. The van der Waals surface area contributed by atoms with Gasteiger partial charge in [0.15, 0.2) is 5.96 Å². The van der Waals surface area contributed by atoms with Crippen LogP contribution in [0.15, 0.2) is 39.7 Å². The van der Waals surface area contributed by atoms with E-state index in [4.69, 9.17) is 4.42 Å². The third kappa shape index (κ3) is 6.70. The molecule has 3 rings (SSSR count). The first kappa shape index (κ1) is 23.7. The van der Waals surface area contributed by atoms with Gasteiger partial charge < -0.3 is 15.1 Å². The number of likely N-dealkylation sites (tertiary alicyclic amines) is 1. The smallest absolute Gasteiger partial charge is 0.214 e. The van der Waals surface area contributed by atoms with Crippen LogP contribution in [0.25, 0.3) is 0 Å². The summed E-state index contributed by atoms with van der Waals surface area (Å²) in [7, 11) is 1.79. The lowest BCUT2D eigenvalue weighted by Crippen LogP contribution is -2.45. The van der Waals surface area contributed by atoms with E-state index in [0.29, 0.717) is 18.5 Å². The molecule has 0 bridgehead atoms. The number of piperidine rings is 1. The number of aryl methyl sites for hydroxylation is 2. The summed E-state index contributed by atoms with van der Waals surface area (Å²) in [5.41, 5.74) is 2.28. The number of benzene rings is 1. The number of guanidine groups is 1. The minimum Gasteiger partial charge on any atom is -0.444 e. The number of nitrogens with one attached hydrogen (secondary N) is 2. The Hall–Kier alpha value is -1.61. The number of halogens is 1. The molecule has 1 saturated heterocycles. The predicted octanol–water partition coefficient (Wildman–Crippen LogP) is 4.05. The lowest BCUT2D eigenvalue weighted by atomic mass is 9.95. The fourth-order valence-corrected chi connectivity index (χ4v) is 3.66. The van der Waals surface area contributed by atoms with Crippen LogP contribution in [0.4, 0.5) is 0 Å². The monoisotopic (exact) mass is 511 g/mol. The summed E-state index contributed by atoms with van der Waals surface area (Å²) in [5, 5.41) is 6.80. The van der Waals surface area contributed by atoms with E-state index in [1.165, 1.54) is 18.4 Å². The minimum absolute atomic E-state index is 0. The van der Waals surface area contributed by atoms with Crippen LogP contribution in [-0.4, -0.2) is 42.5 Å². The van der Waals surface area contributed by atoms with Gasteiger partial charge in [0.25, 0.3) is 0 Å². The van der Waals surface area contributed by atoms with E-state index in [-0.39, 0.29) is 24.0 Å². The fourth-order valence-electron chi connectivity index (χ4n) is 3.66. The molecule has 29 heavy (non-hydrogen) atoms. The maximum Gasteiger partial charge on any atom is 0.214 e. The molecule has 1 atom stereocenters. The van der Waals surface area contributed by atoms with E-state index >= 15 is 0 Å². The summed E-state index contributed by atoms with van der Waals surface area (Å²) in [4.78, 5) is 11.4. The van der Waals surface area contributed by atoms with Gasteiger partial charge in [0.1, 0.15) is 5.76 Å². The summed E-state index contributed by atoms with van der Waals surface area (Å²) < 4.78 is 5.64. The van der Waals surface area contributed by atoms with Gasteiger partial charge in [-0.1, -0.05) is 37.3 Å². The Labute approximate surface area is 191 Å². The van der Waals surface area contributed by atoms with Crippen LogP contribution in [0.3, 0.4) is 0 Å². The normalized spacial score (nSPS) is 16.9. The van der Waals surface area contributed by atoms with Crippen LogP contribution >= 0.6 is 24.0 Å². The standard InChI is InChI=1S/C22H33N5O.HI/c1-16-10-12-27(13-11-16)20(19-8-6-5-7-9-19)14-24-22(23-4)25-15-21-26-17(2)18(3)28-21;/h5-9,16,20H,10-15H2,1-4H3,(H2,23,24,25);1H. The zero-order valence-electron chi connectivity index (χ0n) is 17.9. The molecule has 1 aliphatic heterocycles. The van der Waals surface area contributed by atoms with Gasteiger partial charge in [-0.25, -0.2) is 4.98 Å². The molecule has 1 unspecified atom stereocenters. The van der Waals surface area contributed by atoms with E-state index in [1.54, 1.807) is 7.05 Å². The van der Waals surface area contributed by atoms with Crippen molar-refractivity contribution in [1.82, 2.24) is 20.5 Å². The maximum absolute atomic E-state index is 5.64. The lowest BCUT2D eigenvalue weighted by Gasteiger charge is -2.37. The van der Waals surface area contributed by atoms with Crippen molar-refractivity contribution < 1.29 is 4.42 Å². The third-order valence-corrected chi connectivity index (χ3v) is 5.61. The number of hydrogen-bond donors (Lipinski definition) is 2. The van der Waals surface area contributed by atoms with Crippen LogP contribution in [0.1, 0.15) is 48.7 Å². The molecule has 0 radical (unpaired) electrons. The zero-order valence-corrected chi connectivity index (χ0v) is 20.3. The Morgan fingerprint density at radius 2 is 1.90 bits per heavy atom. The highest BCUT2D eigenvalue weighted by atomic mass is 127. The topological polar surface area (TPSA) is 65.7 Å². The molecule has 0 aliphatic carbocycles. The van der Waals surface area contributed by atoms with Gasteiger partial charge in [-0.3, -0.25) is 9.89 Å². The summed E-state index contributed by atoms with van der Waals surface area (Å²) in [6, 6.07) is 11.1. The summed E-state index contributed by atoms with van der Waals surface area (Å²) >= 11 is 0.